The van der Waals surface area contributed by atoms with Gasteiger partial charge in [-0.25, -0.2) is 4.79 Å². The first kappa shape index (κ1) is 17.4. The highest BCUT2D eigenvalue weighted by molar-refractivity contribution is 8.00. The maximum absolute atomic E-state index is 12.7. The van der Waals surface area contributed by atoms with Crippen molar-refractivity contribution in [1.82, 2.24) is 19.7 Å². The molecule has 2 amide bonds. The lowest BCUT2D eigenvalue weighted by Crippen LogP contribution is -2.51. The molecule has 1 aliphatic heterocycles. The molecule has 1 spiro atoms. The summed E-state index contributed by atoms with van der Waals surface area (Å²) in [5.41, 5.74) is 1.13. The van der Waals surface area contributed by atoms with E-state index in [1.165, 1.54) is 32.1 Å². The van der Waals surface area contributed by atoms with Crippen molar-refractivity contribution in [3.63, 3.8) is 0 Å². The molecule has 0 atom stereocenters. The average molecular weight is 372 g/mol. The van der Waals surface area contributed by atoms with E-state index in [1.807, 2.05) is 34.0 Å². The topological polar surface area (TPSA) is 63.1 Å². The first-order valence-electron chi connectivity index (χ1n) is 9.35. The number of carbonyl (C=O) groups is 1. The van der Waals surface area contributed by atoms with Crippen molar-refractivity contribution in [3.05, 3.63) is 42.4 Å². The molecule has 4 rings (SSSR count). The van der Waals surface area contributed by atoms with Crippen LogP contribution in [0, 0.1) is 0 Å². The van der Waals surface area contributed by atoms with Crippen molar-refractivity contribution >= 4 is 23.6 Å². The van der Waals surface area contributed by atoms with Crippen LogP contribution in [-0.2, 0) is 6.54 Å². The van der Waals surface area contributed by atoms with Crippen molar-refractivity contribution in [1.29, 1.82) is 0 Å². The Labute approximate surface area is 158 Å². The molecule has 0 radical (unpaired) electrons. The van der Waals surface area contributed by atoms with Gasteiger partial charge in [-0.05, 0) is 30.5 Å². The van der Waals surface area contributed by atoms with Crippen LogP contribution in [0.3, 0.4) is 0 Å². The van der Waals surface area contributed by atoms with Crippen LogP contribution < -0.4 is 5.32 Å². The third-order valence-electron chi connectivity index (χ3n) is 5.27. The number of hydrogen-bond donors (Lipinski definition) is 1. The number of amides is 2. The summed E-state index contributed by atoms with van der Waals surface area (Å²) >= 11 is 2.07. The summed E-state index contributed by atoms with van der Waals surface area (Å²) < 4.78 is 2.12. The number of rotatable bonds is 3. The van der Waals surface area contributed by atoms with Gasteiger partial charge in [0.25, 0.3) is 0 Å². The van der Waals surface area contributed by atoms with Crippen molar-refractivity contribution < 1.29 is 4.79 Å². The molecule has 6 nitrogen and oxygen atoms in total. The van der Waals surface area contributed by atoms with E-state index in [0.717, 1.165) is 24.4 Å². The van der Waals surface area contributed by atoms with Crippen molar-refractivity contribution in [2.24, 2.45) is 0 Å². The van der Waals surface area contributed by atoms with Gasteiger partial charge in [0, 0.05) is 48.2 Å². The Morgan fingerprint density at radius 2 is 2.00 bits per heavy atom. The molecule has 2 aromatic rings. The predicted octanol–water partition coefficient (Wildman–Crippen LogP) is 3.61. The number of nitrogens with one attached hydrogen (secondary N) is 1. The molecule has 1 saturated carbocycles. The Bertz CT molecular complexity index is 736. The highest BCUT2D eigenvalue weighted by Gasteiger charge is 2.38. The summed E-state index contributed by atoms with van der Waals surface area (Å²) in [5, 5.41) is 7.45. The maximum Gasteiger partial charge on any atom is 0.323 e. The zero-order valence-electron chi connectivity index (χ0n) is 14.9. The van der Waals surface area contributed by atoms with Crippen LogP contribution in [0.15, 0.2) is 36.8 Å². The van der Waals surface area contributed by atoms with E-state index < -0.39 is 0 Å². The summed E-state index contributed by atoms with van der Waals surface area (Å²) in [6.07, 6.45) is 11.8. The lowest BCUT2D eigenvalue weighted by Gasteiger charge is -2.44. The van der Waals surface area contributed by atoms with E-state index in [1.54, 1.807) is 12.4 Å². The number of thioether (sulfide) groups is 1. The summed E-state index contributed by atoms with van der Waals surface area (Å²) in [5.74, 6) is 1.64. The highest BCUT2D eigenvalue weighted by Crippen LogP contribution is 2.42. The Balaban J connectivity index is 1.36. The third-order valence-corrected chi connectivity index (χ3v) is 6.81. The Morgan fingerprint density at radius 3 is 2.81 bits per heavy atom. The molecule has 1 aliphatic carbocycles. The van der Waals surface area contributed by atoms with Gasteiger partial charge in [0.05, 0.1) is 6.54 Å². The molecule has 1 saturated heterocycles. The monoisotopic (exact) mass is 371 g/mol. The largest absolute Gasteiger partial charge is 0.323 e. The average Bonchev–Trinajstić information content (AvgIpc) is 3.10. The lowest BCUT2D eigenvalue weighted by molar-refractivity contribution is 0.198. The molecule has 26 heavy (non-hydrogen) atoms. The van der Waals surface area contributed by atoms with E-state index in [2.05, 4.69) is 27.2 Å². The van der Waals surface area contributed by atoms with Crippen LogP contribution >= 0.6 is 11.8 Å². The van der Waals surface area contributed by atoms with Crippen molar-refractivity contribution in [2.45, 2.75) is 43.4 Å². The highest BCUT2D eigenvalue weighted by atomic mass is 32.2. The number of urea groups is 1. The molecule has 7 heteroatoms. The van der Waals surface area contributed by atoms with E-state index in [4.69, 9.17) is 0 Å². The van der Waals surface area contributed by atoms with Gasteiger partial charge in [-0.3, -0.25) is 15.0 Å². The molecule has 1 N–H and O–H groups in total. The van der Waals surface area contributed by atoms with Crippen LogP contribution in [-0.4, -0.2) is 49.3 Å². The molecule has 2 fully saturated rings. The minimum Gasteiger partial charge on any atom is -0.322 e. The Morgan fingerprint density at radius 1 is 1.19 bits per heavy atom. The molecule has 0 bridgehead atoms. The second-order valence-electron chi connectivity index (χ2n) is 7.20. The number of aromatic nitrogens is 3. The molecule has 3 heterocycles. The minimum atomic E-state index is -0.0237. The zero-order chi connectivity index (χ0) is 17.8. The maximum atomic E-state index is 12.7. The van der Waals surface area contributed by atoms with E-state index in [9.17, 15) is 4.79 Å². The Hall–Kier alpha value is -2.02. The normalized spacial score (nSPS) is 19.5. The standard InChI is InChI=1S/C19H25N5OS/c25-18(23-12-13-26-19(15-23)7-2-1-3-8-19)21-17-6-11-24(22-17)14-16-4-9-20-10-5-16/h4-6,9-11H,1-3,7-8,12-15H2,(H,21,22,25). The lowest BCUT2D eigenvalue weighted by atomic mass is 9.87. The fourth-order valence-electron chi connectivity index (χ4n) is 3.90. The second-order valence-corrected chi connectivity index (χ2v) is 8.76. The zero-order valence-corrected chi connectivity index (χ0v) is 15.7. The summed E-state index contributed by atoms with van der Waals surface area (Å²) in [7, 11) is 0. The first-order valence-corrected chi connectivity index (χ1v) is 10.3. The summed E-state index contributed by atoms with van der Waals surface area (Å²) in [6, 6.07) is 5.77. The van der Waals surface area contributed by atoms with Crippen LogP contribution in [0.2, 0.25) is 0 Å². The van der Waals surface area contributed by atoms with Crippen LogP contribution in [0.4, 0.5) is 10.6 Å². The van der Waals surface area contributed by atoms with E-state index in [-0.39, 0.29) is 10.8 Å². The third kappa shape index (κ3) is 4.03. The molecule has 0 aromatic carbocycles. The van der Waals surface area contributed by atoms with Gasteiger partial charge in [-0.2, -0.15) is 16.9 Å². The van der Waals surface area contributed by atoms with Crippen molar-refractivity contribution in [2.75, 3.05) is 24.2 Å². The van der Waals surface area contributed by atoms with Crippen molar-refractivity contribution in [3.8, 4) is 0 Å². The van der Waals surface area contributed by atoms with Crippen LogP contribution in [0.25, 0.3) is 0 Å². The number of hydrogen-bond acceptors (Lipinski definition) is 4. The predicted molar refractivity (Wildman–Crippen MR) is 104 cm³/mol. The van der Waals surface area contributed by atoms with Gasteiger partial charge in [-0.15, -0.1) is 0 Å². The number of carbonyl (C=O) groups excluding carboxylic acids is 1. The van der Waals surface area contributed by atoms with Gasteiger partial charge in [0.15, 0.2) is 5.82 Å². The fraction of sp³-hybridized carbons (Fsp3) is 0.526. The molecule has 2 aliphatic rings. The van der Waals surface area contributed by atoms with E-state index >= 15 is 0 Å². The number of pyridine rings is 1. The van der Waals surface area contributed by atoms with Crippen LogP contribution in [0.1, 0.15) is 37.7 Å². The Kier molecular flexibility index (Phi) is 5.15. The number of nitrogens with zero attached hydrogens (tertiary/aromatic N) is 4. The number of anilines is 1. The van der Waals surface area contributed by atoms with Gasteiger partial charge in [-0.1, -0.05) is 19.3 Å². The first-order chi connectivity index (χ1) is 12.7. The van der Waals surface area contributed by atoms with Crippen LogP contribution in [0.5, 0.6) is 0 Å². The second kappa shape index (κ2) is 7.70. The van der Waals surface area contributed by atoms with Gasteiger partial charge in [0.1, 0.15) is 0 Å². The molecular weight excluding hydrogens is 346 g/mol. The molecule has 0 unspecified atom stereocenters. The van der Waals surface area contributed by atoms with Gasteiger partial charge in [0.2, 0.25) is 0 Å². The summed E-state index contributed by atoms with van der Waals surface area (Å²) in [4.78, 5) is 18.7. The summed E-state index contributed by atoms with van der Waals surface area (Å²) in [6.45, 7) is 2.35. The quantitative estimate of drug-likeness (QED) is 0.895. The SMILES string of the molecule is O=C(Nc1ccn(Cc2ccncc2)n1)N1CCSC2(CCCCC2)C1. The molecule has 2 aromatic heterocycles. The fourth-order valence-corrected chi connectivity index (χ4v) is 5.47. The smallest absolute Gasteiger partial charge is 0.322 e. The van der Waals surface area contributed by atoms with E-state index in [0.29, 0.717) is 12.4 Å². The van der Waals surface area contributed by atoms with Gasteiger partial charge < -0.3 is 4.90 Å². The van der Waals surface area contributed by atoms with Gasteiger partial charge >= 0.3 is 6.03 Å². The minimum absolute atomic E-state index is 0.0237. The molecular formula is C19H25N5OS. The molecule has 138 valence electrons.